The van der Waals surface area contributed by atoms with Crippen LogP contribution in [0.3, 0.4) is 0 Å². The number of benzene rings is 1. The predicted octanol–water partition coefficient (Wildman–Crippen LogP) is 1.28. The molecule has 6 heteroatoms. The fraction of sp³-hybridized carbons (Fsp3) is 0.429. The van der Waals surface area contributed by atoms with Crippen molar-refractivity contribution < 1.29 is 14.3 Å². The van der Waals surface area contributed by atoms with Crippen LogP contribution < -0.4 is 10.5 Å². The molecule has 0 aliphatic carbocycles. The highest BCUT2D eigenvalue weighted by molar-refractivity contribution is 5.98. The van der Waals surface area contributed by atoms with E-state index in [1.165, 1.54) is 7.11 Å². The third kappa shape index (κ3) is 3.87. The van der Waals surface area contributed by atoms with Crippen LogP contribution in [0.2, 0.25) is 0 Å². The summed E-state index contributed by atoms with van der Waals surface area (Å²) < 4.78 is 10.2. The maximum absolute atomic E-state index is 12.5. The first kappa shape index (κ1) is 15.8. The summed E-state index contributed by atoms with van der Waals surface area (Å²) in [6.45, 7) is 1.16. The molecule has 1 rings (SSSR count). The first-order valence-electron chi connectivity index (χ1n) is 6.23. The summed E-state index contributed by atoms with van der Waals surface area (Å²) in [5.41, 5.74) is 6.60. The van der Waals surface area contributed by atoms with Crippen LogP contribution in [-0.2, 0) is 4.74 Å². The van der Waals surface area contributed by atoms with Crippen LogP contribution in [0.25, 0.3) is 0 Å². The van der Waals surface area contributed by atoms with Gasteiger partial charge in [0.1, 0.15) is 0 Å². The van der Waals surface area contributed by atoms with Gasteiger partial charge in [0.15, 0.2) is 5.75 Å². The zero-order valence-electron chi connectivity index (χ0n) is 11.8. The molecule has 1 aromatic carbocycles. The standard InChI is InChI=1S/C14H19N3O3/c1-19-10-9-17(8-4-7-15)14(18)11-5-3-6-12(16)13(11)20-2/h3,5-6H,4,8-10,16H2,1-2H3. The van der Waals surface area contributed by atoms with E-state index >= 15 is 0 Å². The number of nitriles is 1. The molecule has 0 aromatic heterocycles. The number of rotatable bonds is 7. The molecule has 0 aliphatic heterocycles. The van der Waals surface area contributed by atoms with Gasteiger partial charge in [0.25, 0.3) is 5.91 Å². The van der Waals surface area contributed by atoms with E-state index < -0.39 is 0 Å². The Kier molecular flexibility index (Phi) is 6.33. The summed E-state index contributed by atoms with van der Waals surface area (Å²) in [5, 5.41) is 8.67. The number of carbonyl (C=O) groups excluding carboxylic acids is 1. The van der Waals surface area contributed by atoms with Crippen LogP contribution >= 0.6 is 0 Å². The lowest BCUT2D eigenvalue weighted by molar-refractivity contribution is 0.0696. The van der Waals surface area contributed by atoms with Crippen molar-refractivity contribution >= 4 is 11.6 Å². The molecule has 0 radical (unpaired) electrons. The van der Waals surface area contributed by atoms with Crippen LogP contribution in [0, 0.1) is 11.3 Å². The van der Waals surface area contributed by atoms with E-state index in [1.807, 2.05) is 6.07 Å². The number of hydrogen-bond donors (Lipinski definition) is 1. The third-order valence-corrected chi connectivity index (χ3v) is 2.83. The van der Waals surface area contributed by atoms with Gasteiger partial charge in [-0.3, -0.25) is 4.79 Å². The second-order valence-electron chi connectivity index (χ2n) is 4.12. The molecular formula is C14H19N3O3. The number of para-hydroxylation sites is 1. The monoisotopic (exact) mass is 277 g/mol. The summed E-state index contributed by atoms with van der Waals surface area (Å²) in [6.07, 6.45) is 0.264. The van der Waals surface area contributed by atoms with Crippen LogP contribution in [0.1, 0.15) is 16.8 Å². The van der Waals surface area contributed by atoms with E-state index in [2.05, 4.69) is 0 Å². The lowest BCUT2D eigenvalue weighted by Crippen LogP contribution is -2.35. The van der Waals surface area contributed by atoms with Gasteiger partial charge in [-0.25, -0.2) is 0 Å². The highest BCUT2D eigenvalue weighted by Crippen LogP contribution is 2.27. The van der Waals surface area contributed by atoms with Gasteiger partial charge in [-0.1, -0.05) is 6.07 Å². The van der Waals surface area contributed by atoms with Crippen molar-refractivity contribution in [3.8, 4) is 11.8 Å². The SMILES string of the molecule is COCCN(CCC#N)C(=O)c1cccc(N)c1OC. The van der Waals surface area contributed by atoms with Crippen molar-refractivity contribution in [2.24, 2.45) is 0 Å². The van der Waals surface area contributed by atoms with Gasteiger partial charge < -0.3 is 20.1 Å². The average molecular weight is 277 g/mol. The largest absolute Gasteiger partial charge is 0.494 e. The number of methoxy groups -OCH3 is 2. The fourth-order valence-electron chi connectivity index (χ4n) is 1.82. The maximum atomic E-state index is 12.5. The molecule has 0 heterocycles. The Hall–Kier alpha value is -2.26. The van der Waals surface area contributed by atoms with Crippen LogP contribution in [0.4, 0.5) is 5.69 Å². The summed E-state index contributed by atoms with van der Waals surface area (Å²) in [6, 6.07) is 7.06. The molecule has 0 bridgehead atoms. The van der Waals surface area contributed by atoms with E-state index in [0.29, 0.717) is 36.7 Å². The van der Waals surface area contributed by atoms with E-state index in [-0.39, 0.29) is 12.3 Å². The van der Waals surface area contributed by atoms with Gasteiger partial charge in [-0.15, -0.1) is 0 Å². The number of hydrogen-bond acceptors (Lipinski definition) is 5. The number of nitrogens with two attached hydrogens (primary N) is 1. The van der Waals surface area contributed by atoms with E-state index in [1.54, 1.807) is 30.2 Å². The van der Waals surface area contributed by atoms with Crippen LogP contribution in [0.15, 0.2) is 18.2 Å². The zero-order chi connectivity index (χ0) is 15.0. The minimum absolute atomic E-state index is 0.221. The highest BCUT2D eigenvalue weighted by Gasteiger charge is 2.20. The van der Waals surface area contributed by atoms with Gasteiger partial charge in [-0.05, 0) is 12.1 Å². The van der Waals surface area contributed by atoms with Crippen molar-refractivity contribution in [1.82, 2.24) is 4.90 Å². The van der Waals surface area contributed by atoms with Gasteiger partial charge in [0.05, 0.1) is 37.5 Å². The molecule has 1 amide bonds. The Balaban J connectivity index is 2.99. The molecule has 0 fully saturated rings. The molecular weight excluding hydrogens is 258 g/mol. The summed E-state index contributed by atoms with van der Waals surface area (Å²) >= 11 is 0. The molecule has 0 saturated carbocycles. The molecule has 0 unspecified atom stereocenters. The van der Waals surface area contributed by atoms with E-state index in [0.717, 1.165) is 0 Å². The fourth-order valence-corrected chi connectivity index (χ4v) is 1.82. The summed E-state index contributed by atoms with van der Waals surface area (Å²) in [4.78, 5) is 14.1. The average Bonchev–Trinajstić information content (AvgIpc) is 2.46. The maximum Gasteiger partial charge on any atom is 0.257 e. The first-order valence-corrected chi connectivity index (χ1v) is 6.23. The van der Waals surface area contributed by atoms with E-state index in [9.17, 15) is 4.79 Å². The number of anilines is 1. The molecule has 2 N–H and O–H groups in total. The Morgan fingerprint density at radius 3 is 2.75 bits per heavy atom. The van der Waals surface area contributed by atoms with Gasteiger partial charge in [-0.2, -0.15) is 5.26 Å². The second kappa shape index (κ2) is 8.02. The lowest BCUT2D eigenvalue weighted by atomic mass is 10.1. The molecule has 6 nitrogen and oxygen atoms in total. The smallest absolute Gasteiger partial charge is 0.257 e. The molecule has 0 spiro atoms. The van der Waals surface area contributed by atoms with Crippen LogP contribution in [0.5, 0.6) is 5.75 Å². The number of nitrogen functional groups attached to an aromatic ring is 1. The normalized spacial score (nSPS) is 9.85. The van der Waals surface area contributed by atoms with Gasteiger partial charge in [0.2, 0.25) is 0 Å². The third-order valence-electron chi connectivity index (χ3n) is 2.83. The minimum atomic E-state index is -0.221. The molecule has 0 aliphatic rings. The Morgan fingerprint density at radius 1 is 1.40 bits per heavy atom. The number of ether oxygens (including phenoxy) is 2. The highest BCUT2D eigenvalue weighted by atomic mass is 16.5. The quantitative estimate of drug-likeness (QED) is 0.758. The number of amides is 1. The van der Waals surface area contributed by atoms with E-state index in [4.69, 9.17) is 20.5 Å². The first-order chi connectivity index (χ1) is 9.65. The topological polar surface area (TPSA) is 88.6 Å². The lowest BCUT2D eigenvalue weighted by Gasteiger charge is -2.22. The number of nitrogens with zero attached hydrogens (tertiary/aromatic N) is 2. The van der Waals surface area contributed by atoms with Crippen molar-refractivity contribution in [1.29, 1.82) is 5.26 Å². The molecule has 1 aromatic rings. The molecule has 20 heavy (non-hydrogen) atoms. The van der Waals surface area contributed by atoms with Crippen molar-refractivity contribution in [3.63, 3.8) is 0 Å². The Bertz CT molecular complexity index is 497. The Labute approximate surface area is 118 Å². The minimum Gasteiger partial charge on any atom is -0.494 e. The Morgan fingerprint density at radius 2 is 2.15 bits per heavy atom. The molecule has 0 saturated heterocycles. The van der Waals surface area contributed by atoms with Gasteiger partial charge in [0, 0.05) is 20.2 Å². The van der Waals surface area contributed by atoms with Gasteiger partial charge >= 0.3 is 0 Å². The zero-order valence-corrected chi connectivity index (χ0v) is 11.8. The van der Waals surface area contributed by atoms with Crippen molar-refractivity contribution in [2.75, 3.05) is 39.6 Å². The second-order valence-corrected chi connectivity index (χ2v) is 4.12. The van der Waals surface area contributed by atoms with Crippen LogP contribution in [-0.4, -0.2) is 44.7 Å². The molecule has 0 atom stereocenters. The van der Waals surface area contributed by atoms with Crippen molar-refractivity contribution in [3.05, 3.63) is 23.8 Å². The van der Waals surface area contributed by atoms with Crippen molar-refractivity contribution in [2.45, 2.75) is 6.42 Å². The predicted molar refractivity (Wildman–Crippen MR) is 75.4 cm³/mol. The summed E-state index contributed by atoms with van der Waals surface area (Å²) in [7, 11) is 3.03. The molecule has 108 valence electrons. The summed E-state index contributed by atoms with van der Waals surface area (Å²) in [5.74, 6) is 0.137. The number of carbonyl (C=O) groups is 1.